The van der Waals surface area contributed by atoms with E-state index in [0.29, 0.717) is 12.4 Å². The van der Waals surface area contributed by atoms with Crippen molar-refractivity contribution in [3.63, 3.8) is 0 Å². The standard InChI is InChI=1S/C15H19NO2S/c1-2-13-4-6-14(7-5-13)18-10-3-8-16-9-11-19-12-15(16)17/h4-7,9,11H,2-3,8,10,12H2,1H3. The van der Waals surface area contributed by atoms with Crippen molar-refractivity contribution >= 4 is 17.7 Å². The monoisotopic (exact) mass is 277 g/mol. The summed E-state index contributed by atoms with van der Waals surface area (Å²) in [5.74, 6) is 1.63. The van der Waals surface area contributed by atoms with Crippen molar-refractivity contribution in [1.82, 2.24) is 4.90 Å². The molecule has 1 aromatic carbocycles. The van der Waals surface area contributed by atoms with Gasteiger partial charge < -0.3 is 9.64 Å². The van der Waals surface area contributed by atoms with Crippen LogP contribution in [0.25, 0.3) is 0 Å². The molecule has 0 N–H and O–H groups in total. The van der Waals surface area contributed by atoms with Crippen LogP contribution in [-0.4, -0.2) is 29.7 Å². The Kier molecular flexibility index (Phi) is 5.33. The van der Waals surface area contributed by atoms with Gasteiger partial charge >= 0.3 is 0 Å². The highest BCUT2D eigenvalue weighted by Crippen LogP contribution is 2.14. The van der Waals surface area contributed by atoms with Gasteiger partial charge in [0.25, 0.3) is 0 Å². The Hall–Kier alpha value is -1.42. The number of ether oxygens (including phenoxy) is 1. The van der Waals surface area contributed by atoms with Crippen molar-refractivity contribution in [3.8, 4) is 5.75 Å². The number of benzene rings is 1. The third kappa shape index (κ3) is 4.31. The normalized spacial score (nSPS) is 14.8. The molecule has 0 unspecified atom stereocenters. The van der Waals surface area contributed by atoms with Crippen molar-refractivity contribution < 1.29 is 9.53 Å². The topological polar surface area (TPSA) is 29.5 Å². The molecule has 19 heavy (non-hydrogen) atoms. The molecule has 0 aliphatic carbocycles. The molecule has 0 spiro atoms. The molecule has 0 fully saturated rings. The van der Waals surface area contributed by atoms with E-state index >= 15 is 0 Å². The number of carbonyl (C=O) groups is 1. The summed E-state index contributed by atoms with van der Waals surface area (Å²) in [6, 6.07) is 8.18. The van der Waals surface area contributed by atoms with Crippen molar-refractivity contribution in [2.75, 3.05) is 18.9 Å². The summed E-state index contributed by atoms with van der Waals surface area (Å²) in [6.07, 6.45) is 3.74. The zero-order valence-electron chi connectivity index (χ0n) is 11.2. The molecule has 102 valence electrons. The molecule has 0 atom stereocenters. The van der Waals surface area contributed by atoms with E-state index in [2.05, 4.69) is 19.1 Å². The number of carbonyl (C=O) groups excluding carboxylic acids is 1. The third-order valence-electron chi connectivity index (χ3n) is 3.01. The SMILES string of the molecule is CCc1ccc(OCCCN2C=CSCC2=O)cc1. The number of rotatable bonds is 6. The quantitative estimate of drug-likeness (QED) is 0.748. The minimum atomic E-state index is 0.180. The van der Waals surface area contributed by atoms with Gasteiger partial charge in [-0.05, 0) is 35.9 Å². The largest absolute Gasteiger partial charge is 0.494 e. The third-order valence-corrected chi connectivity index (χ3v) is 3.74. The Morgan fingerprint density at radius 3 is 2.79 bits per heavy atom. The Bertz CT molecular complexity index is 442. The maximum Gasteiger partial charge on any atom is 0.236 e. The maximum atomic E-state index is 11.5. The van der Waals surface area contributed by atoms with E-state index < -0.39 is 0 Å². The summed E-state index contributed by atoms with van der Waals surface area (Å²) in [6.45, 7) is 3.50. The van der Waals surface area contributed by atoms with Gasteiger partial charge in [0.2, 0.25) is 5.91 Å². The number of aryl methyl sites for hydroxylation is 1. The van der Waals surface area contributed by atoms with Crippen LogP contribution in [0.2, 0.25) is 0 Å². The Labute approximate surface area is 118 Å². The van der Waals surface area contributed by atoms with Crippen molar-refractivity contribution in [1.29, 1.82) is 0 Å². The Morgan fingerprint density at radius 1 is 1.32 bits per heavy atom. The summed E-state index contributed by atoms with van der Waals surface area (Å²) >= 11 is 1.54. The summed E-state index contributed by atoms with van der Waals surface area (Å²) in [7, 11) is 0. The van der Waals surface area contributed by atoms with E-state index in [9.17, 15) is 4.79 Å². The number of nitrogens with zero attached hydrogens (tertiary/aromatic N) is 1. The van der Waals surface area contributed by atoms with Gasteiger partial charge in [-0.1, -0.05) is 19.1 Å². The molecule has 0 saturated carbocycles. The minimum absolute atomic E-state index is 0.180. The lowest BCUT2D eigenvalue weighted by Crippen LogP contribution is -2.30. The van der Waals surface area contributed by atoms with Crippen LogP contribution in [0.15, 0.2) is 35.9 Å². The van der Waals surface area contributed by atoms with Crippen LogP contribution >= 0.6 is 11.8 Å². The zero-order valence-corrected chi connectivity index (χ0v) is 12.0. The first-order valence-electron chi connectivity index (χ1n) is 6.59. The first-order valence-corrected chi connectivity index (χ1v) is 7.64. The molecule has 4 heteroatoms. The Morgan fingerprint density at radius 2 is 2.11 bits per heavy atom. The van der Waals surface area contributed by atoms with E-state index in [0.717, 1.165) is 25.1 Å². The van der Waals surface area contributed by atoms with Gasteiger partial charge in [0, 0.05) is 12.7 Å². The molecule has 1 aliphatic heterocycles. The number of hydrogen-bond acceptors (Lipinski definition) is 3. The van der Waals surface area contributed by atoms with Crippen LogP contribution in [-0.2, 0) is 11.2 Å². The first-order chi connectivity index (χ1) is 9.29. The lowest BCUT2D eigenvalue weighted by molar-refractivity contribution is -0.126. The molecule has 1 amide bonds. The minimum Gasteiger partial charge on any atom is -0.494 e. The van der Waals surface area contributed by atoms with Gasteiger partial charge in [-0.15, -0.1) is 11.8 Å². The van der Waals surface area contributed by atoms with Crippen LogP contribution in [0.1, 0.15) is 18.9 Å². The lowest BCUT2D eigenvalue weighted by atomic mass is 10.2. The summed E-state index contributed by atoms with van der Waals surface area (Å²) in [5.41, 5.74) is 1.31. The fourth-order valence-electron chi connectivity index (χ4n) is 1.85. The number of amides is 1. The number of hydrogen-bond donors (Lipinski definition) is 0. The van der Waals surface area contributed by atoms with Gasteiger partial charge in [0.1, 0.15) is 5.75 Å². The predicted octanol–water partition coefficient (Wildman–Crippen LogP) is 3.06. The van der Waals surface area contributed by atoms with Gasteiger partial charge in [0.05, 0.1) is 12.4 Å². The first kappa shape index (κ1) is 14.0. The van der Waals surface area contributed by atoms with Crippen molar-refractivity contribution in [2.24, 2.45) is 0 Å². The summed E-state index contributed by atoms with van der Waals surface area (Å²) < 4.78 is 5.66. The second kappa shape index (κ2) is 7.24. The molecule has 1 aromatic rings. The van der Waals surface area contributed by atoms with Gasteiger partial charge in [-0.2, -0.15) is 0 Å². The van der Waals surface area contributed by atoms with Crippen LogP contribution in [0, 0.1) is 0 Å². The van der Waals surface area contributed by atoms with Crippen LogP contribution in [0.3, 0.4) is 0 Å². The van der Waals surface area contributed by atoms with Crippen LogP contribution in [0.4, 0.5) is 0 Å². The van der Waals surface area contributed by atoms with E-state index in [1.807, 2.05) is 23.7 Å². The van der Waals surface area contributed by atoms with Gasteiger partial charge in [-0.3, -0.25) is 4.79 Å². The lowest BCUT2D eigenvalue weighted by Gasteiger charge is -2.20. The zero-order chi connectivity index (χ0) is 13.5. The fraction of sp³-hybridized carbons (Fsp3) is 0.400. The Balaban J connectivity index is 1.69. The smallest absolute Gasteiger partial charge is 0.236 e. The molecule has 2 rings (SSSR count). The highest BCUT2D eigenvalue weighted by Gasteiger charge is 2.13. The predicted molar refractivity (Wildman–Crippen MR) is 79.2 cm³/mol. The van der Waals surface area contributed by atoms with Crippen molar-refractivity contribution in [2.45, 2.75) is 19.8 Å². The van der Waals surface area contributed by atoms with E-state index in [1.165, 1.54) is 5.56 Å². The van der Waals surface area contributed by atoms with E-state index in [4.69, 9.17) is 4.74 Å². The van der Waals surface area contributed by atoms with Crippen LogP contribution < -0.4 is 4.74 Å². The summed E-state index contributed by atoms with van der Waals surface area (Å²) in [4.78, 5) is 13.3. The molecular formula is C15H19NO2S. The molecular weight excluding hydrogens is 258 g/mol. The highest BCUT2D eigenvalue weighted by molar-refractivity contribution is 8.02. The molecule has 3 nitrogen and oxygen atoms in total. The second-order valence-electron chi connectivity index (χ2n) is 4.38. The highest BCUT2D eigenvalue weighted by atomic mass is 32.2. The summed E-state index contributed by atoms with van der Waals surface area (Å²) in [5, 5.41) is 1.96. The van der Waals surface area contributed by atoms with Gasteiger partial charge in [0.15, 0.2) is 0 Å². The maximum absolute atomic E-state index is 11.5. The van der Waals surface area contributed by atoms with Crippen LogP contribution in [0.5, 0.6) is 5.75 Å². The molecule has 0 bridgehead atoms. The number of thioether (sulfide) groups is 1. The average molecular weight is 277 g/mol. The molecule has 0 aromatic heterocycles. The average Bonchev–Trinajstić information content (AvgIpc) is 2.46. The molecule has 1 aliphatic rings. The fourth-order valence-corrected chi connectivity index (χ4v) is 2.49. The van der Waals surface area contributed by atoms with E-state index in [1.54, 1.807) is 16.7 Å². The molecule has 0 saturated heterocycles. The molecule has 0 radical (unpaired) electrons. The molecule has 1 heterocycles. The van der Waals surface area contributed by atoms with Gasteiger partial charge in [-0.25, -0.2) is 0 Å². The van der Waals surface area contributed by atoms with E-state index in [-0.39, 0.29) is 5.91 Å². The second-order valence-corrected chi connectivity index (χ2v) is 5.28. The van der Waals surface area contributed by atoms with Crippen molar-refractivity contribution in [3.05, 3.63) is 41.4 Å².